The molecule has 1 atom stereocenters. The number of imidazole rings is 1. The Morgan fingerprint density at radius 2 is 1.51 bits per heavy atom. The minimum Gasteiger partial charge on any atom is -0.393 e. The van der Waals surface area contributed by atoms with Gasteiger partial charge in [-0.3, -0.25) is 28.9 Å². The fraction of sp³-hybridized carbons (Fsp3) is 0.580. The molecule has 0 radical (unpaired) electrons. The summed E-state index contributed by atoms with van der Waals surface area (Å²) in [4.78, 5) is 49.4. The Morgan fingerprint density at radius 1 is 0.829 bits per heavy atom. The van der Waals surface area contributed by atoms with Crippen molar-refractivity contribution in [3.8, 4) is 11.1 Å². The van der Waals surface area contributed by atoms with Crippen molar-refractivity contribution in [1.29, 1.82) is 0 Å². The molecule has 20 heteroatoms. The van der Waals surface area contributed by atoms with E-state index in [9.17, 15) is 27.9 Å². The molecule has 1 aliphatic carbocycles. The first-order valence-electron chi connectivity index (χ1n) is 25.0. The number of fused-ring (bicyclic) bond motifs is 2. The predicted molar refractivity (Wildman–Crippen MR) is 265 cm³/mol. The van der Waals surface area contributed by atoms with Crippen LogP contribution in [0.4, 0.5) is 5.95 Å². The molecule has 2 amide bonds. The zero-order chi connectivity index (χ0) is 49.0. The van der Waals surface area contributed by atoms with Gasteiger partial charge in [-0.25, -0.2) is 18.2 Å². The first kappa shape index (κ1) is 51.3. The number of ether oxygens (including phenoxy) is 4. The largest absolute Gasteiger partial charge is 0.393 e. The monoisotopic (exact) mass is 987 g/mol. The molecule has 5 heterocycles. The number of aryl methyl sites for hydroxylation is 2. The fourth-order valence-corrected chi connectivity index (χ4v) is 11.2. The van der Waals surface area contributed by atoms with Crippen molar-refractivity contribution in [3.63, 3.8) is 0 Å². The Labute approximate surface area is 409 Å². The number of nitrogens with zero attached hydrogens (tertiary/aromatic N) is 7. The molecule has 2 aromatic carbocycles. The van der Waals surface area contributed by atoms with Gasteiger partial charge in [-0.2, -0.15) is 9.29 Å². The van der Waals surface area contributed by atoms with Crippen molar-refractivity contribution < 1.29 is 42.1 Å². The van der Waals surface area contributed by atoms with Crippen molar-refractivity contribution >= 4 is 49.9 Å². The number of rotatable bonds is 25. The van der Waals surface area contributed by atoms with E-state index in [1.165, 1.54) is 4.57 Å². The van der Waals surface area contributed by atoms with Crippen molar-refractivity contribution in [3.05, 3.63) is 70.9 Å². The van der Waals surface area contributed by atoms with Gasteiger partial charge in [0.05, 0.1) is 68.3 Å². The van der Waals surface area contributed by atoms with Crippen molar-refractivity contribution in [2.45, 2.75) is 94.2 Å². The number of piperidine rings is 1. The van der Waals surface area contributed by atoms with Gasteiger partial charge in [-0.15, -0.1) is 0 Å². The number of hydrogen-bond donors (Lipinski definition) is 3. The van der Waals surface area contributed by atoms with Crippen LogP contribution >= 0.6 is 0 Å². The lowest BCUT2D eigenvalue weighted by molar-refractivity contribution is -0.135. The summed E-state index contributed by atoms with van der Waals surface area (Å²) in [7, 11) is -1.97. The summed E-state index contributed by atoms with van der Waals surface area (Å²) in [6.45, 7) is 9.39. The summed E-state index contributed by atoms with van der Waals surface area (Å²) < 4.78 is 57.3. The maximum absolute atomic E-state index is 13.8. The van der Waals surface area contributed by atoms with E-state index < -0.39 is 22.0 Å². The summed E-state index contributed by atoms with van der Waals surface area (Å²) in [5.74, 6) is -0.168. The zero-order valence-electron chi connectivity index (χ0n) is 40.6. The molecular weight excluding hydrogens is 919 g/mol. The molecule has 0 spiro atoms. The van der Waals surface area contributed by atoms with Crippen molar-refractivity contribution in [2.75, 3.05) is 97.4 Å². The molecule has 3 aliphatic rings. The summed E-state index contributed by atoms with van der Waals surface area (Å²) >= 11 is 0. The number of sulfonamides is 1. The third kappa shape index (κ3) is 12.3. The van der Waals surface area contributed by atoms with Crippen molar-refractivity contribution in [2.24, 2.45) is 7.05 Å². The molecule has 2 aliphatic heterocycles. The molecule has 3 N–H and O–H groups in total. The summed E-state index contributed by atoms with van der Waals surface area (Å²) in [6, 6.07) is 12.4. The molecule has 1 saturated carbocycles. The molecular formula is C50H69N9O10S. The first-order chi connectivity index (χ1) is 34.0. The number of aromatic nitrogens is 5. The number of piperazine rings is 1. The molecule has 5 aromatic rings. The number of carbonyl (C=O) groups excluding carboxylic acids is 2. The van der Waals surface area contributed by atoms with Crippen LogP contribution in [0.2, 0.25) is 0 Å². The topological polar surface area (TPSA) is 214 Å². The Hall–Kier alpha value is -5.06. The maximum Gasteiger partial charge on any atom is 0.329 e. The highest BCUT2D eigenvalue weighted by Gasteiger charge is 2.32. The SMILES string of the molecule is CCCCNc1ncc2c(-c3ccc(S(=O)(=O)N4CCN(CCOCCOCCOCCOCCCc5cccc6c5n(C)c(=O)n6C5CCC(=O)NC5=O)CC4)cc3)cn(C3CCC(O)CC3)c2n1. The average molecular weight is 988 g/mol. The van der Waals surface area contributed by atoms with Crippen LogP contribution in [0.3, 0.4) is 0 Å². The number of anilines is 1. The molecule has 70 heavy (non-hydrogen) atoms. The highest BCUT2D eigenvalue weighted by atomic mass is 32.2. The number of hydrogen-bond acceptors (Lipinski definition) is 14. The molecule has 1 unspecified atom stereocenters. The summed E-state index contributed by atoms with van der Waals surface area (Å²) in [6.07, 6.45) is 11.0. The lowest BCUT2D eigenvalue weighted by atomic mass is 9.93. The van der Waals surface area contributed by atoms with E-state index in [1.54, 1.807) is 28.1 Å². The average Bonchev–Trinajstić information content (AvgIpc) is 3.87. The number of amides is 2. The molecule has 3 fully saturated rings. The number of imide groups is 1. The smallest absolute Gasteiger partial charge is 0.329 e. The minimum absolute atomic E-state index is 0.198. The number of benzene rings is 2. The van der Waals surface area contributed by atoms with Gasteiger partial charge in [0, 0.05) is 88.7 Å². The standard InChI is InChI=1S/C50H69N9O10S/c1-3-4-20-51-49-52-34-41-42(35-58(47(41)54-49)38-12-14-39(60)15-13-38)36-10-16-40(17-11-36)70(64,65)57-23-21-56(22-24-57)25-27-67-29-31-69-33-32-68-30-28-66-26-6-8-37-7-5-9-43-46(37)55(2)50(63)59(43)44-18-19-45(61)53-48(44)62/h5,7,9-11,16-17,34-35,38-39,44,60H,3-4,6,8,12-15,18-33H2,1-2H3,(H,51,52,54)(H,53,61,62). The van der Waals surface area contributed by atoms with Crippen LogP contribution in [0, 0.1) is 0 Å². The van der Waals surface area contributed by atoms with Crippen LogP contribution in [-0.2, 0) is 52.0 Å². The van der Waals surface area contributed by atoms with E-state index in [4.69, 9.17) is 23.9 Å². The molecule has 8 rings (SSSR count). The second-order valence-electron chi connectivity index (χ2n) is 18.4. The van der Waals surface area contributed by atoms with Crippen LogP contribution in [0.15, 0.2) is 64.5 Å². The van der Waals surface area contributed by atoms with E-state index in [0.717, 1.165) is 84.7 Å². The van der Waals surface area contributed by atoms with Crippen LogP contribution in [0.5, 0.6) is 0 Å². The van der Waals surface area contributed by atoms with E-state index in [1.807, 2.05) is 36.5 Å². The Morgan fingerprint density at radius 3 is 2.20 bits per heavy atom. The molecule has 380 valence electrons. The van der Waals surface area contributed by atoms with Gasteiger partial charge in [0.2, 0.25) is 27.8 Å². The lowest BCUT2D eigenvalue weighted by Gasteiger charge is -2.33. The van der Waals surface area contributed by atoms with Crippen LogP contribution in [-0.4, -0.2) is 156 Å². The Balaban J connectivity index is 0.683. The van der Waals surface area contributed by atoms with E-state index in [2.05, 4.69) is 38.2 Å². The van der Waals surface area contributed by atoms with E-state index in [-0.39, 0.29) is 35.1 Å². The fourth-order valence-electron chi connectivity index (χ4n) is 9.76. The number of para-hydroxylation sites is 1. The minimum atomic E-state index is -3.68. The summed E-state index contributed by atoms with van der Waals surface area (Å²) in [5, 5.41) is 16.8. The number of aliphatic hydroxyl groups is 1. The third-order valence-electron chi connectivity index (χ3n) is 13.7. The molecule has 0 bridgehead atoms. The van der Waals surface area contributed by atoms with Gasteiger partial charge in [-0.05, 0) is 80.7 Å². The molecule has 2 saturated heterocycles. The van der Waals surface area contributed by atoms with Gasteiger partial charge in [0.15, 0.2) is 0 Å². The quantitative estimate of drug-likeness (QED) is 0.0546. The Bertz CT molecular complexity index is 2710. The van der Waals surface area contributed by atoms with Crippen LogP contribution in [0.25, 0.3) is 33.2 Å². The molecule has 19 nitrogen and oxygen atoms in total. The van der Waals surface area contributed by atoms with Gasteiger partial charge >= 0.3 is 5.69 Å². The normalized spacial score (nSPS) is 19.6. The highest BCUT2D eigenvalue weighted by Crippen LogP contribution is 2.37. The highest BCUT2D eigenvalue weighted by molar-refractivity contribution is 7.89. The third-order valence-corrected chi connectivity index (χ3v) is 15.6. The van der Waals surface area contributed by atoms with Crippen LogP contribution < -0.4 is 16.3 Å². The summed E-state index contributed by atoms with van der Waals surface area (Å²) in [5.41, 5.74) is 4.87. The van der Waals surface area contributed by atoms with Gasteiger partial charge in [0.25, 0.3) is 0 Å². The Kier molecular flexibility index (Phi) is 17.9. The predicted octanol–water partition coefficient (Wildman–Crippen LogP) is 4.42. The first-order valence-corrected chi connectivity index (χ1v) is 26.4. The van der Waals surface area contributed by atoms with Gasteiger partial charge in [0.1, 0.15) is 11.7 Å². The van der Waals surface area contributed by atoms with Gasteiger partial charge in [-0.1, -0.05) is 37.6 Å². The number of unbranched alkanes of at least 4 members (excludes halogenated alkanes) is 1. The second-order valence-corrected chi connectivity index (χ2v) is 20.3. The maximum atomic E-state index is 13.8. The number of nitrogens with one attached hydrogen (secondary N) is 2. The van der Waals surface area contributed by atoms with Crippen molar-refractivity contribution in [1.82, 2.24) is 38.2 Å². The molecule has 3 aromatic heterocycles. The number of aliphatic hydroxyl groups excluding tert-OH is 1. The number of carbonyl (C=O) groups is 2. The van der Waals surface area contributed by atoms with E-state index >= 15 is 0 Å². The second kappa shape index (κ2) is 24.4. The lowest BCUT2D eigenvalue weighted by Crippen LogP contribution is -2.49. The van der Waals surface area contributed by atoms with Crippen LogP contribution in [0.1, 0.15) is 82.4 Å². The van der Waals surface area contributed by atoms with E-state index in [0.29, 0.717) is 110 Å². The zero-order valence-corrected chi connectivity index (χ0v) is 41.4. The van der Waals surface area contributed by atoms with Gasteiger partial charge < -0.3 is 33.9 Å².